The molecule has 5 saturated carbocycles. The summed E-state index contributed by atoms with van der Waals surface area (Å²) >= 11 is 0. The van der Waals surface area contributed by atoms with Gasteiger partial charge in [-0.05, 0) is 74.5 Å². The lowest BCUT2D eigenvalue weighted by Gasteiger charge is -2.55. The van der Waals surface area contributed by atoms with Gasteiger partial charge in [0.2, 0.25) is 0 Å². The molecule has 0 aliphatic heterocycles. The molecule has 1 heteroatoms. The Balaban J connectivity index is 1.41. The monoisotopic (exact) mass is 247 g/mol. The van der Waals surface area contributed by atoms with Gasteiger partial charge in [0.15, 0.2) is 0 Å². The van der Waals surface area contributed by atoms with Crippen LogP contribution in [0.3, 0.4) is 0 Å². The van der Waals surface area contributed by atoms with Crippen LogP contribution in [0.1, 0.15) is 64.7 Å². The molecule has 18 heavy (non-hydrogen) atoms. The van der Waals surface area contributed by atoms with Crippen molar-refractivity contribution in [1.29, 1.82) is 0 Å². The second-order valence-corrected chi connectivity index (χ2v) is 7.91. The molecule has 0 saturated heterocycles. The summed E-state index contributed by atoms with van der Waals surface area (Å²) in [7, 11) is 0. The summed E-state index contributed by atoms with van der Waals surface area (Å²) in [6, 6.07) is 1.74. The zero-order valence-corrected chi connectivity index (χ0v) is 11.9. The number of hydrogen-bond donors (Lipinski definition) is 1. The van der Waals surface area contributed by atoms with Gasteiger partial charge in [-0.15, -0.1) is 0 Å². The standard InChI is InChI=1S/C17H29N/c1-2-16(10-11-3-4-11)18-17-14-6-12-5-13(8-14)9-15(17)7-12/h11-18H,2-10H2,1H3. The van der Waals surface area contributed by atoms with E-state index >= 15 is 0 Å². The van der Waals surface area contributed by atoms with Crippen LogP contribution in [0.15, 0.2) is 0 Å². The Morgan fingerprint density at radius 1 is 0.944 bits per heavy atom. The third-order valence-corrected chi connectivity index (χ3v) is 6.46. The lowest BCUT2D eigenvalue weighted by atomic mass is 9.54. The Morgan fingerprint density at radius 2 is 1.56 bits per heavy atom. The summed E-state index contributed by atoms with van der Waals surface area (Å²) in [6.07, 6.45) is 13.7. The molecule has 0 heterocycles. The summed E-state index contributed by atoms with van der Waals surface area (Å²) in [5, 5.41) is 4.12. The largest absolute Gasteiger partial charge is 0.311 e. The van der Waals surface area contributed by atoms with Crippen LogP contribution in [0.25, 0.3) is 0 Å². The van der Waals surface area contributed by atoms with E-state index in [0.29, 0.717) is 0 Å². The molecule has 5 aliphatic rings. The van der Waals surface area contributed by atoms with Crippen molar-refractivity contribution in [2.75, 3.05) is 0 Å². The molecule has 5 rings (SSSR count). The van der Waals surface area contributed by atoms with Crippen molar-refractivity contribution < 1.29 is 0 Å². The molecule has 0 amide bonds. The summed E-state index contributed by atoms with van der Waals surface area (Å²) in [4.78, 5) is 0. The van der Waals surface area contributed by atoms with E-state index in [2.05, 4.69) is 12.2 Å². The van der Waals surface area contributed by atoms with Gasteiger partial charge in [-0.25, -0.2) is 0 Å². The molecular weight excluding hydrogens is 218 g/mol. The Labute approximate surface area is 112 Å². The zero-order chi connectivity index (χ0) is 12.1. The first-order chi connectivity index (χ1) is 8.81. The highest BCUT2D eigenvalue weighted by Crippen LogP contribution is 2.54. The maximum atomic E-state index is 4.12. The van der Waals surface area contributed by atoms with Crippen LogP contribution in [-0.4, -0.2) is 12.1 Å². The van der Waals surface area contributed by atoms with Crippen LogP contribution >= 0.6 is 0 Å². The van der Waals surface area contributed by atoms with Gasteiger partial charge < -0.3 is 5.32 Å². The zero-order valence-electron chi connectivity index (χ0n) is 11.9. The summed E-state index contributed by atoms with van der Waals surface area (Å²) in [6.45, 7) is 2.39. The minimum absolute atomic E-state index is 0.833. The molecule has 0 aromatic heterocycles. The third kappa shape index (κ3) is 2.13. The van der Waals surface area contributed by atoms with Gasteiger partial charge in [0.05, 0.1) is 0 Å². The second-order valence-electron chi connectivity index (χ2n) is 7.91. The van der Waals surface area contributed by atoms with Gasteiger partial charge in [-0.1, -0.05) is 19.8 Å². The number of hydrogen-bond acceptors (Lipinski definition) is 1. The van der Waals surface area contributed by atoms with Crippen LogP contribution in [0.5, 0.6) is 0 Å². The summed E-state index contributed by atoms with van der Waals surface area (Å²) in [5.41, 5.74) is 0. The van der Waals surface area contributed by atoms with E-state index in [0.717, 1.165) is 41.7 Å². The maximum Gasteiger partial charge on any atom is 0.0127 e. The van der Waals surface area contributed by atoms with E-state index in [1.807, 2.05) is 0 Å². The fraction of sp³-hybridized carbons (Fsp3) is 1.00. The fourth-order valence-corrected chi connectivity index (χ4v) is 5.58. The smallest absolute Gasteiger partial charge is 0.0127 e. The van der Waals surface area contributed by atoms with Gasteiger partial charge in [-0.3, -0.25) is 0 Å². The van der Waals surface area contributed by atoms with Crippen molar-refractivity contribution in [1.82, 2.24) is 5.32 Å². The van der Waals surface area contributed by atoms with Crippen molar-refractivity contribution in [3.05, 3.63) is 0 Å². The molecule has 1 N–H and O–H groups in total. The summed E-state index contributed by atoms with van der Waals surface area (Å²) < 4.78 is 0. The van der Waals surface area contributed by atoms with Crippen molar-refractivity contribution in [2.24, 2.45) is 29.6 Å². The molecule has 0 aromatic carbocycles. The minimum atomic E-state index is 0.833. The molecule has 102 valence electrons. The lowest BCUT2D eigenvalue weighted by molar-refractivity contribution is -0.0184. The molecule has 5 fully saturated rings. The predicted molar refractivity (Wildman–Crippen MR) is 75.4 cm³/mol. The Bertz CT molecular complexity index is 279. The maximum absolute atomic E-state index is 4.12. The van der Waals surface area contributed by atoms with Crippen molar-refractivity contribution in [3.63, 3.8) is 0 Å². The first-order valence-electron chi connectivity index (χ1n) is 8.57. The quantitative estimate of drug-likeness (QED) is 0.775. The molecule has 1 atom stereocenters. The van der Waals surface area contributed by atoms with Crippen molar-refractivity contribution in [3.8, 4) is 0 Å². The van der Waals surface area contributed by atoms with Crippen LogP contribution in [0, 0.1) is 29.6 Å². The highest BCUT2D eigenvalue weighted by Gasteiger charge is 2.48. The normalized spacial score (nSPS) is 47.5. The molecule has 0 spiro atoms. The van der Waals surface area contributed by atoms with Crippen molar-refractivity contribution >= 4 is 0 Å². The molecule has 1 nitrogen and oxygen atoms in total. The van der Waals surface area contributed by atoms with Crippen molar-refractivity contribution in [2.45, 2.75) is 76.8 Å². The van der Waals surface area contributed by atoms with Gasteiger partial charge in [0.25, 0.3) is 0 Å². The Kier molecular flexibility index (Phi) is 2.94. The predicted octanol–water partition coefficient (Wildman–Crippen LogP) is 3.98. The molecule has 1 unspecified atom stereocenters. The first-order valence-corrected chi connectivity index (χ1v) is 8.57. The topological polar surface area (TPSA) is 12.0 Å². The fourth-order valence-electron chi connectivity index (χ4n) is 5.58. The third-order valence-electron chi connectivity index (χ3n) is 6.46. The van der Waals surface area contributed by atoms with E-state index in [9.17, 15) is 0 Å². The SMILES string of the molecule is CCC(CC1CC1)NC1C2CC3CC(C2)CC1C3. The highest BCUT2D eigenvalue weighted by atomic mass is 15.0. The highest BCUT2D eigenvalue weighted by molar-refractivity contribution is 5.02. The minimum Gasteiger partial charge on any atom is -0.311 e. The van der Waals surface area contributed by atoms with E-state index in [1.54, 1.807) is 32.1 Å². The molecule has 5 aliphatic carbocycles. The molecule has 4 bridgehead atoms. The van der Waals surface area contributed by atoms with Crippen LogP contribution in [0.2, 0.25) is 0 Å². The number of rotatable bonds is 5. The van der Waals surface area contributed by atoms with Gasteiger partial charge in [0.1, 0.15) is 0 Å². The van der Waals surface area contributed by atoms with E-state index in [1.165, 1.54) is 25.7 Å². The van der Waals surface area contributed by atoms with Gasteiger partial charge in [-0.2, -0.15) is 0 Å². The Hall–Kier alpha value is -0.0400. The molecular formula is C17H29N. The summed E-state index contributed by atoms with van der Waals surface area (Å²) in [5.74, 6) is 5.42. The molecule has 0 radical (unpaired) electrons. The number of nitrogens with one attached hydrogen (secondary N) is 1. The van der Waals surface area contributed by atoms with Gasteiger partial charge >= 0.3 is 0 Å². The van der Waals surface area contributed by atoms with E-state index < -0.39 is 0 Å². The van der Waals surface area contributed by atoms with E-state index in [-0.39, 0.29) is 0 Å². The second kappa shape index (κ2) is 4.51. The average molecular weight is 247 g/mol. The Morgan fingerprint density at radius 3 is 2.06 bits per heavy atom. The van der Waals surface area contributed by atoms with Gasteiger partial charge in [0, 0.05) is 12.1 Å². The van der Waals surface area contributed by atoms with Crippen LogP contribution in [0.4, 0.5) is 0 Å². The average Bonchev–Trinajstić information content (AvgIpc) is 3.15. The lowest BCUT2D eigenvalue weighted by Crippen LogP contribution is -2.56. The van der Waals surface area contributed by atoms with Crippen LogP contribution < -0.4 is 5.32 Å². The molecule has 0 aromatic rings. The van der Waals surface area contributed by atoms with E-state index in [4.69, 9.17) is 0 Å². The first kappa shape index (κ1) is 11.8. The van der Waals surface area contributed by atoms with Crippen LogP contribution in [-0.2, 0) is 0 Å².